The van der Waals surface area contributed by atoms with Gasteiger partial charge in [-0.15, -0.1) is 5.10 Å². The van der Waals surface area contributed by atoms with E-state index in [9.17, 15) is 0 Å². The molecule has 22 heavy (non-hydrogen) atoms. The van der Waals surface area contributed by atoms with Crippen molar-refractivity contribution in [3.05, 3.63) is 54.4 Å². The first-order valence-electron chi connectivity index (χ1n) is 7.71. The molecule has 0 saturated heterocycles. The minimum Gasteiger partial charge on any atom is -0.494 e. The van der Waals surface area contributed by atoms with Gasteiger partial charge >= 0.3 is 0 Å². The van der Waals surface area contributed by atoms with Gasteiger partial charge in [-0.3, -0.25) is 0 Å². The van der Waals surface area contributed by atoms with Crippen LogP contribution in [-0.4, -0.2) is 21.6 Å². The normalized spacial score (nSPS) is 12.7. The van der Waals surface area contributed by atoms with Crippen molar-refractivity contribution in [2.75, 3.05) is 6.61 Å². The first-order valence-corrected chi connectivity index (χ1v) is 7.71. The largest absolute Gasteiger partial charge is 0.494 e. The van der Waals surface area contributed by atoms with Gasteiger partial charge in [0.05, 0.1) is 18.8 Å². The number of hydrogen-bond acceptors (Lipinski definition) is 3. The molecule has 0 aliphatic carbocycles. The second-order valence-electron chi connectivity index (χ2n) is 5.77. The third-order valence-corrected chi connectivity index (χ3v) is 3.85. The molecule has 0 aliphatic heterocycles. The smallest absolute Gasteiger partial charge is 0.119 e. The van der Waals surface area contributed by atoms with Gasteiger partial charge in [0, 0.05) is 6.20 Å². The highest BCUT2D eigenvalue weighted by atomic mass is 16.5. The monoisotopic (exact) mass is 295 g/mol. The van der Waals surface area contributed by atoms with Gasteiger partial charge in [0.1, 0.15) is 5.75 Å². The Bertz CT molecular complexity index is 750. The third-order valence-electron chi connectivity index (χ3n) is 3.85. The number of nitrogens with zero attached hydrogens (tertiary/aromatic N) is 3. The zero-order valence-corrected chi connectivity index (χ0v) is 13.2. The third kappa shape index (κ3) is 2.82. The predicted octanol–water partition coefficient (Wildman–Crippen LogP) is 4.08. The van der Waals surface area contributed by atoms with Crippen molar-refractivity contribution < 1.29 is 4.74 Å². The van der Waals surface area contributed by atoms with Gasteiger partial charge in [-0.25, -0.2) is 4.68 Å². The Labute approximate surface area is 130 Å². The van der Waals surface area contributed by atoms with Crippen LogP contribution in [0.25, 0.3) is 10.8 Å². The van der Waals surface area contributed by atoms with Crippen LogP contribution in [0.1, 0.15) is 32.4 Å². The van der Waals surface area contributed by atoms with E-state index in [1.165, 1.54) is 16.3 Å². The Morgan fingerprint density at radius 2 is 1.86 bits per heavy atom. The first kappa shape index (κ1) is 14.6. The molecule has 3 aromatic rings. The highest BCUT2D eigenvalue weighted by Crippen LogP contribution is 2.29. The van der Waals surface area contributed by atoms with Gasteiger partial charge < -0.3 is 4.74 Å². The van der Waals surface area contributed by atoms with Crippen LogP contribution in [-0.2, 0) is 0 Å². The molecule has 0 aliphatic rings. The minimum absolute atomic E-state index is 0.193. The van der Waals surface area contributed by atoms with Gasteiger partial charge in [0.2, 0.25) is 0 Å². The molecule has 0 spiro atoms. The summed E-state index contributed by atoms with van der Waals surface area (Å²) in [6.07, 6.45) is 3.65. The van der Waals surface area contributed by atoms with Crippen LogP contribution in [0, 0.1) is 5.92 Å². The van der Waals surface area contributed by atoms with Crippen LogP contribution in [0.3, 0.4) is 0 Å². The van der Waals surface area contributed by atoms with Crippen molar-refractivity contribution in [3.8, 4) is 5.75 Å². The van der Waals surface area contributed by atoms with Crippen LogP contribution in [0.2, 0.25) is 0 Å². The Hall–Kier alpha value is -2.36. The van der Waals surface area contributed by atoms with Crippen LogP contribution < -0.4 is 4.74 Å². The van der Waals surface area contributed by atoms with Crippen molar-refractivity contribution in [2.45, 2.75) is 26.8 Å². The van der Waals surface area contributed by atoms with Crippen molar-refractivity contribution >= 4 is 10.8 Å². The zero-order chi connectivity index (χ0) is 15.5. The fourth-order valence-electron chi connectivity index (χ4n) is 2.89. The Kier molecular flexibility index (Phi) is 4.09. The van der Waals surface area contributed by atoms with Gasteiger partial charge in [0.25, 0.3) is 0 Å². The molecular weight excluding hydrogens is 274 g/mol. The topological polar surface area (TPSA) is 39.9 Å². The molecule has 0 N–H and O–H groups in total. The lowest BCUT2D eigenvalue weighted by molar-refractivity contribution is 0.340. The molecule has 2 aromatic carbocycles. The van der Waals surface area contributed by atoms with Crippen LogP contribution in [0.15, 0.2) is 48.8 Å². The molecule has 0 radical (unpaired) electrons. The Balaban J connectivity index is 2.02. The SMILES string of the molecule is CCOc1ccc2cc(C(C(C)C)n3ccnn3)ccc2c1. The van der Waals surface area contributed by atoms with E-state index in [1.807, 2.05) is 23.9 Å². The van der Waals surface area contributed by atoms with Crippen molar-refractivity contribution in [1.82, 2.24) is 15.0 Å². The van der Waals surface area contributed by atoms with Gasteiger partial charge in [-0.1, -0.05) is 37.3 Å². The fourth-order valence-corrected chi connectivity index (χ4v) is 2.89. The summed E-state index contributed by atoms with van der Waals surface area (Å²) >= 11 is 0. The van der Waals surface area contributed by atoms with E-state index in [-0.39, 0.29) is 6.04 Å². The summed E-state index contributed by atoms with van der Waals surface area (Å²) in [4.78, 5) is 0. The van der Waals surface area contributed by atoms with Gasteiger partial charge in [-0.2, -0.15) is 0 Å². The number of aromatic nitrogens is 3. The van der Waals surface area contributed by atoms with Crippen molar-refractivity contribution in [3.63, 3.8) is 0 Å². The van der Waals surface area contributed by atoms with E-state index < -0.39 is 0 Å². The van der Waals surface area contributed by atoms with E-state index in [0.29, 0.717) is 12.5 Å². The van der Waals surface area contributed by atoms with E-state index in [1.54, 1.807) is 6.20 Å². The van der Waals surface area contributed by atoms with Gasteiger partial charge in [-0.05, 0) is 47.4 Å². The molecule has 114 valence electrons. The molecule has 4 nitrogen and oxygen atoms in total. The van der Waals surface area contributed by atoms with E-state index in [4.69, 9.17) is 4.74 Å². The molecule has 1 unspecified atom stereocenters. The molecule has 0 saturated carbocycles. The average molecular weight is 295 g/mol. The maximum atomic E-state index is 5.57. The lowest BCUT2D eigenvalue weighted by Gasteiger charge is -2.21. The lowest BCUT2D eigenvalue weighted by atomic mass is 9.94. The van der Waals surface area contributed by atoms with Crippen LogP contribution >= 0.6 is 0 Å². The molecular formula is C18H21N3O. The quantitative estimate of drug-likeness (QED) is 0.712. The summed E-state index contributed by atoms with van der Waals surface area (Å²) in [5, 5.41) is 10.5. The standard InChI is InChI=1S/C18H21N3O/c1-4-22-17-8-7-14-11-16(6-5-15(14)12-17)18(13(2)3)21-10-9-19-20-21/h5-13,18H,4H2,1-3H3. The average Bonchev–Trinajstić information content (AvgIpc) is 3.01. The fraction of sp³-hybridized carbons (Fsp3) is 0.333. The molecule has 0 amide bonds. The molecule has 0 fully saturated rings. The second-order valence-corrected chi connectivity index (χ2v) is 5.77. The summed E-state index contributed by atoms with van der Waals surface area (Å²) in [5.41, 5.74) is 1.25. The number of fused-ring (bicyclic) bond motifs is 1. The zero-order valence-electron chi connectivity index (χ0n) is 13.2. The maximum absolute atomic E-state index is 5.57. The number of benzene rings is 2. The summed E-state index contributed by atoms with van der Waals surface area (Å²) < 4.78 is 7.50. The first-order chi connectivity index (χ1) is 10.7. The Morgan fingerprint density at radius 1 is 1.09 bits per heavy atom. The summed E-state index contributed by atoms with van der Waals surface area (Å²) in [7, 11) is 0. The summed E-state index contributed by atoms with van der Waals surface area (Å²) in [5.74, 6) is 1.35. The minimum atomic E-state index is 0.193. The predicted molar refractivity (Wildman–Crippen MR) is 88.1 cm³/mol. The maximum Gasteiger partial charge on any atom is 0.119 e. The second kappa shape index (κ2) is 6.18. The van der Waals surface area contributed by atoms with Crippen molar-refractivity contribution in [1.29, 1.82) is 0 Å². The molecule has 4 heteroatoms. The molecule has 1 heterocycles. The highest BCUT2D eigenvalue weighted by Gasteiger charge is 2.18. The number of ether oxygens (including phenoxy) is 1. The lowest BCUT2D eigenvalue weighted by Crippen LogP contribution is -2.17. The van der Waals surface area contributed by atoms with E-state index >= 15 is 0 Å². The number of hydrogen-bond donors (Lipinski definition) is 0. The van der Waals surface area contributed by atoms with Gasteiger partial charge in [0.15, 0.2) is 0 Å². The van der Waals surface area contributed by atoms with Crippen molar-refractivity contribution in [2.24, 2.45) is 5.92 Å². The van der Waals surface area contributed by atoms with Crippen LogP contribution in [0.5, 0.6) is 5.75 Å². The van der Waals surface area contributed by atoms with E-state index in [2.05, 4.69) is 54.5 Å². The molecule has 0 bridgehead atoms. The summed E-state index contributed by atoms with van der Waals surface area (Å²) in [6, 6.07) is 13.0. The highest BCUT2D eigenvalue weighted by molar-refractivity contribution is 5.84. The number of rotatable bonds is 5. The molecule has 1 atom stereocenters. The Morgan fingerprint density at radius 3 is 2.55 bits per heavy atom. The van der Waals surface area contributed by atoms with E-state index in [0.717, 1.165) is 5.75 Å². The molecule has 1 aromatic heterocycles. The summed E-state index contributed by atoms with van der Waals surface area (Å²) in [6.45, 7) is 7.09. The molecule has 3 rings (SSSR count). The van der Waals surface area contributed by atoms with Crippen LogP contribution in [0.4, 0.5) is 0 Å².